The van der Waals surface area contributed by atoms with Crippen LogP contribution in [0.25, 0.3) is 0 Å². The van der Waals surface area contributed by atoms with Crippen molar-refractivity contribution < 1.29 is 4.74 Å². The lowest BCUT2D eigenvalue weighted by molar-refractivity contribution is 0.101. The summed E-state index contributed by atoms with van der Waals surface area (Å²) in [4.78, 5) is 4.23. The molecule has 3 nitrogen and oxygen atoms in total. The molecule has 0 saturated carbocycles. The molecule has 15 heavy (non-hydrogen) atoms. The molecule has 0 radical (unpaired) electrons. The molecule has 4 heteroatoms. The molecule has 2 rings (SSSR count). The number of rotatable bonds is 5. The van der Waals surface area contributed by atoms with E-state index in [1.54, 1.807) is 11.3 Å². The maximum absolute atomic E-state index is 6.03. The average molecular weight is 226 g/mol. The Bertz CT molecular complexity index is 270. The van der Waals surface area contributed by atoms with E-state index < -0.39 is 0 Å². The first-order valence-corrected chi connectivity index (χ1v) is 6.56. The third-order valence-corrected chi connectivity index (χ3v) is 3.50. The Balaban J connectivity index is 1.65. The van der Waals surface area contributed by atoms with Crippen LogP contribution in [-0.2, 0) is 4.74 Å². The van der Waals surface area contributed by atoms with Crippen LogP contribution < -0.4 is 5.73 Å². The van der Waals surface area contributed by atoms with Crippen molar-refractivity contribution in [1.29, 1.82) is 0 Å². The minimum absolute atomic E-state index is 0.109. The zero-order chi connectivity index (χ0) is 10.5. The van der Waals surface area contributed by atoms with Gasteiger partial charge in [0.25, 0.3) is 0 Å². The Hall–Kier alpha value is -0.450. The van der Waals surface area contributed by atoms with Crippen molar-refractivity contribution in [2.24, 2.45) is 5.73 Å². The van der Waals surface area contributed by atoms with Gasteiger partial charge >= 0.3 is 0 Å². The molecule has 1 aromatic rings. The predicted molar refractivity (Wildman–Crippen MR) is 61.9 cm³/mol. The van der Waals surface area contributed by atoms with Gasteiger partial charge in [-0.05, 0) is 32.1 Å². The van der Waals surface area contributed by atoms with E-state index in [-0.39, 0.29) is 6.04 Å². The predicted octanol–water partition coefficient (Wildman–Crippen LogP) is 2.49. The Morgan fingerprint density at radius 2 is 2.60 bits per heavy atom. The molecule has 1 fully saturated rings. The standard InChI is InChI=1S/C11H18N2OS/c12-10(11-7-15-8-13-11)5-1-3-9-4-2-6-14-9/h7-10H,1-6,12H2. The van der Waals surface area contributed by atoms with E-state index in [4.69, 9.17) is 10.5 Å². The van der Waals surface area contributed by atoms with Crippen LogP contribution in [0.2, 0.25) is 0 Å². The molecule has 0 bridgehead atoms. The number of ether oxygens (including phenoxy) is 1. The van der Waals surface area contributed by atoms with Crippen molar-refractivity contribution in [3.8, 4) is 0 Å². The molecule has 0 amide bonds. The minimum Gasteiger partial charge on any atom is -0.378 e. The third kappa shape index (κ3) is 3.26. The van der Waals surface area contributed by atoms with Gasteiger partial charge in [0, 0.05) is 18.0 Å². The monoisotopic (exact) mass is 226 g/mol. The maximum Gasteiger partial charge on any atom is 0.0795 e. The molecular weight excluding hydrogens is 208 g/mol. The van der Waals surface area contributed by atoms with E-state index in [0.717, 1.165) is 31.6 Å². The smallest absolute Gasteiger partial charge is 0.0795 e. The van der Waals surface area contributed by atoms with Gasteiger partial charge in [-0.15, -0.1) is 11.3 Å². The summed E-state index contributed by atoms with van der Waals surface area (Å²) >= 11 is 1.61. The summed E-state index contributed by atoms with van der Waals surface area (Å²) in [7, 11) is 0. The Labute approximate surface area is 94.7 Å². The van der Waals surface area contributed by atoms with Gasteiger partial charge < -0.3 is 10.5 Å². The van der Waals surface area contributed by atoms with Gasteiger partial charge in [-0.3, -0.25) is 0 Å². The fourth-order valence-electron chi connectivity index (χ4n) is 1.99. The van der Waals surface area contributed by atoms with Crippen LogP contribution in [0.15, 0.2) is 10.9 Å². The second-order valence-corrected chi connectivity index (χ2v) is 4.80. The van der Waals surface area contributed by atoms with E-state index in [2.05, 4.69) is 4.98 Å². The number of nitrogens with zero attached hydrogens (tertiary/aromatic N) is 1. The van der Waals surface area contributed by atoms with Crippen molar-refractivity contribution >= 4 is 11.3 Å². The first-order chi connectivity index (χ1) is 7.36. The Kier molecular flexibility index (Phi) is 4.11. The normalized spacial score (nSPS) is 23.1. The van der Waals surface area contributed by atoms with Gasteiger partial charge in [0.05, 0.1) is 17.3 Å². The Morgan fingerprint density at radius 3 is 3.27 bits per heavy atom. The van der Waals surface area contributed by atoms with Crippen molar-refractivity contribution in [1.82, 2.24) is 4.98 Å². The van der Waals surface area contributed by atoms with Crippen molar-refractivity contribution in [3.63, 3.8) is 0 Å². The molecular formula is C11H18N2OS. The second kappa shape index (κ2) is 5.58. The topological polar surface area (TPSA) is 48.1 Å². The number of aromatic nitrogens is 1. The molecule has 0 aliphatic carbocycles. The molecule has 1 aliphatic rings. The van der Waals surface area contributed by atoms with Crippen LogP contribution in [-0.4, -0.2) is 17.7 Å². The van der Waals surface area contributed by atoms with Crippen LogP contribution >= 0.6 is 11.3 Å². The van der Waals surface area contributed by atoms with Gasteiger partial charge in [-0.2, -0.15) is 0 Å². The van der Waals surface area contributed by atoms with Gasteiger partial charge in [0.15, 0.2) is 0 Å². The van der Waals surface area contributed by atoms with E-state index in [1.807, 2.05) is 10.9 Å². The largest absolute Gasteiger partial charge is 0.378 e. The summed E-state index contributed by atoms with van der Waals surface area (Å²) in [5.74, 6) is 0. The zero-order valence-electron chi connectivity index (χ0n) is 8.89. The maximum atomic E-state index is 6.03. The average Bonchev–Trinajstić information content (AvgIpc) is 2.90. The highest BCUT2D eigenvalue weighted by atomic mass is 32.1. The molecule has 2 unspecified atom stereocenters. The SMILES string of the molecule is NC(CCCC1CCCO1)c1cscn1. The molecule has 1 saturated heterocycles. The lowest BCUT2D eigenvalue weighted by Crippen LogP contribution is -2.12. The lowest BCUT2D eigenvalue weighted by Gasteiger charge is -2.11. The summed E-state index contributed by atoms with van der Waals surface area (Å²) in [6.07, 6.45) is 6.26. The molecule has 2 heterocycles. The Morgan fingerprint density at radius 1 is 1.67 bits per heavy atom. The van der Waals surface area contributed by atoms with Crippen LogP contribution in [0.3, 0.4) is 0 Å². The number of nitrogens with two attached hydrogens (primary N) is 1. The minimum atomic E-state index is 0.109. The molecule has 2 atom stereocenters. The fraction of sp³-hybridized carbons (Fsp3) is 0.727. The van der Waals surface area contributed by atoms with Crippen molar-refractivity contribution in [3.05, 3.63) is 16.6 Å². The van der Waals surface area contributed by atoms with E-state index in [9.17, 15) is 0 Å². The highest BCUT2D eigenvalue weighted by Gasteiger charge is 2.16. The molecule has 84 valence electrons. The fourth-order valence-corrected chi connectivity index (χ4v) is 2.61. The molecule has 2 N–H and O–H groups in total. The third-order valence-electron chi connectivity index (χ3n) is 2.90. The van der Waals surface area contributed by atoms with Gasteiger partial charge in [-0.25, -0.2) is 4.98 Å². The van der Waals surface area contributed by atoms with Gasteiger partial charge in [-0.1, -0.05) is 0 Å². The van der Waals surface area contributed by atoms with Crippen LogP contribution in [0.4, 0.5) is 0 Å². The zero-order valence-corrected chi connectivity index (χ0v) is 9.71. The second-order valence-electron chi connectivity index (χ2n) is 4.09. The summed E-state index contributed by atoms with van der Waals surface area (Å²) in [5.41, 5.74) is 8.90. The summed E-state index contributed by atoms with van der Waals surface area (Å²) in [5, 5.41) is 2.04. The van der Waals surface area contributed by atoms with Gasteiger partial charge in [0.2, 0.25) is 0 Å². The number of hydrogen-bond donors (Lipinski definition) is 1. The summed E-state index contributed by atoms with van der Waals surface area (Å²) in [6, 6.07) is 0.109. The highest BCUT2D eigenvalue weighted by Crippen LogP contribution is 2.21. The molecule has 1 aliphatic heterocycles. The first kappa shape index (κ1) is 11.0. The quantitative estimate of drug-likeness (QED) is 0.839. The van der Waals surface area contributed by atoms with Crippen LogP contribution in [0.5, 0.6) is 0 Å². The summed E-state index contributed by atoms with van der Waals surface area (Å²) < 4.78 is 5.57. The van der Waals surface area contributed by atoms with Crippen molar-refractivity contribution in [2.75, 3.05) is 6.61 Å². The van der Waals surface area contributed by atoms with Crippen molar-refractivity contribution in [2.45, 2.75) is 44.2 Å². The number of thiazole rings is 1. The molecule has 1 aromatic heterocycles. The first-order valence-electron chi connectivity index (χ1n) is 5.61. The van der Waals surface area contributed by atoms with E-state index >= 15 is 0 Å². The van der Waals surface area contributed by atoms with Crippen LogP contribution in [0, 0.1) is 0 Å². The molecule has 0 aromatic carbocycles. The number of hydrogen-bond acceptors (Lipinski definition) is 4. The van der Waals surface area contributed by atoms with E-state index in [1.165, 1.54) is 12.8 Å². The summed E-state index contributed by atoms with van der Waals surface area (Å²) in [6.45, 7) is 0.947. The lowest BCUT2D eigenvalue weighted by atomic mass is 10.0. The van der Waals surface area contributed by atoms with E-state index in [0.29, 0.717) is 6.10 Å². The van der Waals surface area contributed by atoms with Gasteiger partial charge in [0.1, 0.15) is 0 Å². The highest BCUT2D eigenvalue weighted by molar-refractivity contribution is 7.07. The van der Waals surface area contributed by atoms with Crippen LogP contribution in [0.1, 0.15) is 43.8 Å². The molecule has 0 spiro atoms.